The molecule has 2 N–H and O–H groups in total. The SMILES string of the molecule is C=CC(=O)O.[CH-]=C(C)C(=O)O.[Na+]. The summed E-state index contributed by atoms with van der Waals surface area (Å²) < 4.78 is 0. The molecule has 0 fully saturated rings. The Morgan fingerprint density at radius 3 is 1.58 bits per heavy atom. The normalized spacial score (nSPS) is 6.42. The summed E-state index contributed by atoms with van der Waals surface area (Å²) in [5.74, 6) is -2.03. The van der Waals surface area contributed by atoms with E-state index in [9.17, 15) is 9.59 Å². The predicted molar refractivity (Wildman–Crippen MR) is 39.0 cm³/mol. The van der Waals surface area contributed by atoms with Gasteiger partial charge in [0.1, 0.15) is 0 Å². The Morgan fingerprint density at radius 2 is 1.58 bits per heavy atom. The molecule has 4 nitrogen and oxygen atoms in total. The molecule has 0 heterocycles. The van der Waals surface area contributed by atoms with Crippen LogP contribution in [0.5, 0.6) is 0 Å². The van der Waals surface area contributed by atoms with Gasteiger partial charge in [-0.2, -0.15) is 0 Å². The van der Waals surface area contributed by atoms with Crippen molar-refractivity contribution in [2.24, 2.45) is 0 Å². The van der Waals surface area contributed by atoms with Gasteiger partial charge in [0.25, 0.3) is 0 Å². The maximum atomic E-state index is 9.54. The third-order valence-electron chi connectivity index (χ3n) is 0.512. The second-order valence-corrected chi connectivity index (χ2v) is 1.53. The van der Waals surface area contributed by atoms with E-state index >= 15 is 0 Å². The first-order valence-corrected chi connectivity index (χ1v) is 2.59. The van der Waals surface area contributed by atoms with Gasteiger partial charge in [0, 0.05) is 6.08 Å². The van der Waals surface area contributed by atoms with Gasteiger partial charge in [-0.25, -0.2) is 4.79 Å². The van der Waals surface area contributed by atoms with Crippen LogP contribution in [-0.4, -0.2) is 22.2 Å². The zero-order valence-corrected chi connectivity index (χ0v) is 9.07. The largest absolute Gasteiger partial charge is 1.00 e. The molecule has 0 rings (SSSR count). The Balaban J connectivity index is -0.000000126. The molecule has 0 amide bonds. The van der Waals surface area contributed by atoms with Crippen LogP contribution < -0.4 is 29.6 Å². The van der Waals surface area contributed by atoms with Gasteiger partial charge in [-0.1, -0.05) is 13.5 Å². The van der Waals surface area contributed by atoms with Crippen LogP contribution >= 0.6 is 0 Å². The van der Waals surface area contributed by atoms with Crippen LogP contribution in [0.3, 0.4) is 0 Å². The molecule has 0 aromatic carbocycles. The third-order valence-corrected chi connectivity index (χ3v) is 0.512. The van der Waals surface area contributed by atoms with Crippen LogP contribution in [0.25, 0.3) is 0 Å². The first-order valence-electron chi connectivity index (χ1n) is 2.59. The van der Waals surface area contributed by atoms with Crippen LogP contribution in [0, 0.1) is 6.58 Å². The fourth-order valence-electron chi connectivity index (χ4n) is 0. The zero-order valence-electron chi connectivity index (χ0n) is 7.07. The van der Waals surface area contributed by atoms with Gasteiger partial charge >= 0.3 is 35.5 Å². The zero-order chi connectivity index (χ0) is 9.44. The average Bonchev–Trinajstić information content (AvgIpc) is 1.89. The second-order valence-electron chi connectivity index (χ2n) is 1.53. The van der Waals surface area contributed by atoms with Gasteiger partial charge in [0.15, 0.2) is 5.97 Å². The van der Waals surface area contributed by atoms with Crippen molar-refractivity contribution in [2.45, 2.75) is 6.92 Å². The van der Waals surface area contributed by atoms with Crippen LogP contribution in [0.15, 0.2) is 18.2 Å². The minimum Gasteiger partial charge on any atom is -0.562 e. The molecule has 0 unspecified atom stereocenters. The number of hydrogen-bond acceptors (Lipinski definition) is 2. The van der Waals surface area contributed by atoms with E-state index in [1.54, 1.807) is 0 Å². The summed E-state index contributed by atoms with van der Waals surface area (Å²) in [5, 5.41) is 15.4. The van der Waals surface area contributed by atoms with E-state index in [0.29, 0.717) is 0 Å². The van der Waals surface area contributed by atoms with Crippen LogP contribution in [0.2, 0.25) is 0 Å². The first-order chi connectivity index (χ1) is 4.91. The fraction of sp³-hybridized carbons (Fsp3) is 0.143. The Morgan fingerprint density at radius 1 is 1.42 bits per heavy atom. The molecule has 62 valence electrons. The second kappa shape index (κ2) is 10.4. The minimum atomic E-state index is -1.05. The Labute approximate surface area is 92.9 Å². The number of carboxylic acid groups (broad SMARTS) is 2. The van der Waals surface area contributed by atoms with E-state index in [-0.39, 0.29) is 35.1 Å². The Bertz CT molecular complexity index is 174. The molecular formula is C7H9NaO4. The van der Waals surface area contributed by atoms with Crippen molar-refractivity contribution < 1.29 is 49.4 Å². The van der Waals surface area contributed by atoms with Crippen molar-refractivity contribution in [2.75, 3.05) is 0 Å². The molecule has 0 bridgehead atoms. The average molecular weight is 180 g/mol. The van der Waals surface area contributed by atoms with Gasteiger partial charge in [-0.3, -0.25) is 6.58 Å². The minimum absolute atomic E-state index is 0. The van der Waals surface area contributed by atoms with Crippen molar-refractivity contribution in [1.82, 2.24) is 0 Å². The molecular weight excluding hydrogens is 171 g/mol. The van der Waals surface area contributed by atoms with Crippen molar-refractivity contribution in [3.8, 4) is 0 Å². The molecule has 0 aliphatic carbocycles. The summed E-state index contributed by atoms with van der Waals surface area (Å²) in [6.45, 7) is 9.05. The van der Waals surface area contributed by atoms with Gasteiger partial charge < -0.3 is 15.0 Å². The Kier molecular flexibility index (Phi) is 15.2. The summed E-state index contributed by atoms with van der Waals surface area (Å²) in [7, 11) is 0. The standard InChI is InChI=1S/C4H5O2.C3H4O2.Na/c1-3(2)4(5)6;1-2-3(4)5;/h1H,2H3,(H,5,6);2H,1H2,(H,4,5);/q-1;;+1. The number of carbonyl (C=O) groups is 2. The van der Waals surface area contributed by atoms with Crippen molar-refractivity contribution in [3.63, 3.8) is 0 Å². The molecule has 0 aliphatic rings. The molecule has 12 heavy (non-hydrogen) atoms. The summed E-state index contributed by atoms with van der Waals surface area (Å²) in [6.07, 6.45) is 0.833. The van der Waals surface area contributed by atoms with Crippen molar-refractivity contribution >= 4 is 11.9 Å². The molecule has 0 aromatic heterocycles. The maximum Gasteiger partial charge on any atom is 1.00 e. The third kappa shape index (κ3) is 22.7. The van der Waals surface area contributed by atoms with Crippen LogP contribution in [-0.2, 0) is 9.59 Å². The first kappa shape index (κ1) is 17.5. The topological polar surface area (TPSA) is 74.6 Å². The quantitative estimate of drug-likeness (QED) is 0.285. The predicted octanol–water partition coefficient (Wildman–Crippen LogP) is -2.29. The van der Waals surface area contributed by atoms with Gasteiger partial charge in [0.2, 0.25) is 0 Å². The van der Waals surface area contributed by atoms with E-state index in [4.69, 9.17) is 16.8 Å². The van der Waals surface area contributed by atoms with Crippen LogP contribution in [0.1, 0.15) is 6.92 Å². The van der Waals surface area contributed by atoms with E-state index in [2.05, 4.69) is 6.58 Å². The van der Waals surface area contributed by atoms with Gasteiger partial charge in [-0.15, -0.1) is 5.57 Å². The Hall–Kier alpha value is -0.580. The fourth-order valence-corrected chi connectivity index (χ4v) is 0. The molecule has 5 heteroatoms. The molecule has 0 radical (unpaired) electrons. The van der Waals surface area contributed by atoms with E-state index < -0.39 is 11.9 Å². The molecule has 0 saturated heterocycles. The smallest absolute Gasteiger partial charge is 0.562 e. The summed E-state index contributed by atoms with van der Waals surface area (Å²) in [5.41, 5.74) is -0.0741. The molecule has 0 aliphatic heterocycles. The summed E-state index contributed by atoms with van der Waals surface area (Å²) in [6, 6.07) is 0. The number of carboxylic acids is 2. The van der Waals surface area contributed by atoms with Gasteiger partial charge in [-0.05, 0) is 0 Å². The van der Waals surface area contributed by atoms with E-state index in [1.165, 1.54) is 6.92 Å². The number of rotatable bonds is 2. The molecule has 0 spiro atoms. The number of aliphatic carboxylic acids is 2. The number of hydrogen-bond donors (Lipinski definition) is 2. The molecule has 0 atom stereocenters. The summed E-state index contributed by atoms with van der Waals surface area (Å²) in [4.78, 5) is 18.8. The van der Waals surface area contributed by atoms with Crippen molar-refractivity contribution in [1.29, 1.82) is 0 Å². The molecule has 0 saturated carbocycles. The summed E-state index contributed by atoms with van der Waals surface area (Å²) >= 11 is 0. The van der Waals surface area contributed by atoms with Crippen molar-refractivity contribution in [3.05, 3.63) is 24.8 Å². The van der Waals surface area contributed by atoms with E-state index in [0.717, 1.165) is 6.08 Å². The monoisotopic (exact) mass is 180 g/mol. The van der Waals surface area contributed by atoms with Crippen LogP contribution in [0.4, 0.5) is 0 Å². The molecule has 0 aromatic rings. The van der Waals surface area contributed by atoms with Gasteiger partial charge in [0.05, 0.1) is 0 Å². The van der Waals surface area contributed by atoms with E-state index in [1.807, 2.05) is 0 Å². The maximum absolute atomic E-state index is 9.54.